The number of nitrogens with zero attached hydrogens (tertiary/aromatic N) is 1. The van der Waals surface area contributed by atoms with Crippen LogP contribution in [0, 0.1) is 0 Å². The largest absolute Gasteiger partial charge is 0.377 e. The maximum atomic E-state index is 12.2. The fourth-order valence-corrected chi connectivity index (χ4v) is 3.89. The van der Waals surface area contributed by atoms with E-state index in [4.69, 9.17) is 15.2 Å². The zero-order chi connectivity index (χ0) is 12.3. The maximum Gasteiger partial charge on any atom is 0.216 e. The van der Waals surface area contributed by atoms with Gasteiger partial charge in [-0.3, -0.25) is 0 Å². The molecule has 2 atom stereocenters. The molecule has 2 rings (SSSR count). The van der Waals surface area contributed by atoms with Gasteiger partial charge in [-0.05, 0) is 12.8 Å². The highest BCUT2D eigenvalue weighted by atomic mass is 35.5. The molecule has 0 aliphatic carbocycles. The average Bonchev–Trinajstić information content (AvgIpc) is 2.81. The van der Waals surface area contributed by atoms with E-state index in [1.807, 2.05) is 0 Å². The molecule has 0 amide bonds. The first-order valence-corrected chi connectivity index (χ1v) is 7.64. The summed E-state index contributed by atoms with van der Waals surface area (Å²) in [7, 11) is -3.24. The average molecular weight is 301 g/mol. The highest BCUT2D eigenvalue weighted by Crippen LogP contribution is 2.17. The van der Waals surface area contributed by atoms with Crippen LogP contribution in [0.2, 0.25) is 0 Å². The van der Waals surface area contributed by atoms with Gasteiger partial charge in [0.2, 0.25) is 10.0 Å². The van der Waals surface area contributed by atoms with Crippen molar-refractivity contribution in [2.24, 2.45) is 5.73 Å². The number of ether oxygens (including phenoxy) is 2. The maximum absolute atomic E-state index is 12.2. The number of rotatable bonds is 4. The Hall–Kier alpha value is 0.0800. The second-order valence-electron chi connectivity index (χ2n) is 4.50. The van der Waals surface area contributed by atoms with Crippen LogP contribution in [0.25, 0.3) is 0 Å². The predicted molar refractivity (Wildman–Crippen MR) is 70.4 cm³/mol. The lowest BCUT2D eigenvalue weighted by Crippen LogP contribution is -2.49. The Kier molecular flexibility index (Phi) is 6.29. The molecular weight excluding hydrogens is 280 g/mol. The second kappa shape index (κ2) is 7.02. The summed E-state index contributed by atoms with van der Waals surface area (Å²) in [6, 6.07) is 0. The van der Waals surface area contributed by atoms with Gasteiger partial charge < -0.3 is 15.2 Å². The van der Waals surface area contributed by atoms with Crippen molar-refractivity contribution in [1.29, 1.82) is 0 Å². The van der Waals surface area contributed by atoms with Crippen molar-refractivity contribution in [2.75, 3.05) is 38.6 Å². The molecule has 108 valence electrons. The molecule has 0 spiro atoms. The van der Waals surface area contributed by atoms with E-state index in [1.165, 1.54) is 4.31 Å². The molecule has 18 heavy (non-hydrogen) atoms. The molecule has 2 fully saturated rings. The molecule has 0 aromatic carbocycles. The Balaban J connectivity index is 0.00000162. The minimum absolute atomic E-state index is 0. The van der Waals surface area contributed by atoms with E-state index < -0.39 is 10.0 Å². The summed E-state index contributed by atoms with van der Waals surface area (Å²) in [6.45, 7) is 2.24. The van der Waals surface area contributed by atoms with E-state index in [-0.39, 0.29) is 30.4 Å². The van der Waals surface area contributed by atoms with E-state index in [0.717, 1.165) is 12.8 Å². The molecule has 8 heteroatoms. The van der Waals surface area contributed by atoms with Crippen LogP contribution in [0.4, 0.5) is 0 Å². The molecule has 0 aromatic heterocycles. The van der Waals surface area contributed by atoms with E-state index in [0.29, 0.717) is 32.8 Å². The number of hydrogen-bond donors (Lipinski definition) is 1. The van der Waals surface area contributed by atoms with E-state index in [2.05, 4.69) is 0 Å². The number of halogens is 1. The Morgan fingerprint density at radius 2 is 1.94 bits per heavy atom. The fourth-order valence-electron chi connectivity index (χ4n) is 2.20. The first kappa shape index (κ1) is 16.1. The first-order valence-electron chi connectivity index (χ1n) is 6.03. The lowest BCUT2D eigenvalue weighted by atomic mass is 10.3. The first-order chi connectivity index (χ1) is 8.12. The summed E-state index contributed by atoms with van der Waals surface area (Å²) in [5, 5.41) is 0. The molecule has 2 aliphatic rings. The van der Waals surface area contributed by atoms with Crippen LogP contribution in [-0.4, -0.2) is 63.5 Å². The smallest absolute Gasteiger partial charge is 0.216 e. The van der Waals surface area contributed by atoms with Gasteiger partial charge in [-0.15, -0.1) is 12.4 Å². The summed E-state index contributed by atoms with van der Waals surface area (Å²) >= 11 is 0. The number of hydrogen-bond acceptors (Lipinski definition) is 5. The topological polar surface area (TPSA) is 81.9 Å². The third kappa shape index (κ3) is 4.04. The monoisotopic (exact) mass is 300 g/mol. The third-order valence-electron chi connectivity index (χ3n) is 3.18. The molecule has 0 bridgehead atoms. The van der Waals surface area contributed by atoms with Crippen molar-refractivity contribution < 1.29 is 17.9 Å². The molecule has 2 aliphatic heterocycles. The summed E-state index contributed by atoms with van der Waals surface area (Å²) in [5.41, 5.74) is 5.50. The predicted octanol–water partition coefficient (Wildman–Crippen LogP) is -0.423. The zero-order valence-electron chi connectivity index (χ0n) is 10.3. The molecule has 6 nitrogen and oxygen atoms in total. The number of morpholine rings is 1. The molecule has 2 saturated heterocycles. The molecular formula is C10H21ClN2O4S. The van der Waals surface area contributed by atoms with E-state index in [1.54, 1.807) is 0 Å². The second-order valence-corrected chi connectivity index (χ2v) is 6.51. The van der Waals surface area contributed by atoms with Crippen LogP contribution in [0.15, 0.2) is 0 Å². The lowest BCUT2D eigenvalue weighted by Gasteiger charge is -2.32. The van der Waals surface area contributed by atoms with Gasteiger partial charge in [0.15, 0.2) is 0 Å². The van der Waals surface area contributed by atoms with Gasteiger partial charge in [-0.25, -0.2) is 8.42 Å². The third-order valence-corrected chi connectivity index (χ3v) is 5.09. The van der Waals surface area contributed by atoms with Gasteiger partial charge in [0.25, 0.3) is 0 Å². The Morgan fingerprint density at radius 1 is 1.22 bits per heavy atom. The van der Waals surface area contributed by atoms with Crippen LogP contribution >= 0.6 is 12.4 Å². The van der Waals surface area contributed by atoms with Crippen molar-refractivity contribution in [3.8, 4) is 0 Å². The molecule has 0 aromatic rings. The fraction of sp³-hybridized carbons (Fsp3) is 1.00. The van der Waals surface area contributed by atoms with Crippen molar-refractivity contribution in [3.63, 3.8) is 0 Å². The quantitative estimate of drug-likeness (QED) is 0.762. The van der Waals surface area contributed by atoms with Crippen molar-refractivity contribution in [3.05, 3.63) is 0 Å². The lowest BCUT2D eigenvalue weighted by molar-refractivity contribution is 0.00408. The van der Waals surface area contributed by atoms with Crippen molar-refractivity contribution in [1.82, 2.24) is 4.31 Å². The summed E-state index contributed by atoms with van der Waals surface area (Å²) < 4.78 is 36.5. The number of nitrogens with two attached hydrogens (primary N) is 1. The van der Waals surface area contributed by atoms with Crippen LogP contribution in [0.5, 0.6) is 0 Å². The minimum atomic E-state index is -3.24. The van der Waals surface area contributed by atoms with E-state index in [9.17, 15) is 8.42 Å². The van der Waals surface area contributed by atoms with Gasteiger partial charge in [-0.1, -0.05) is 0 Å². The summed E-state index contributed by atoms with van der Waals surface area (Å²) in [6.07, 6.45) is 1.47. The summed E-state index contributed by atoms with van der Waals surface area (Å²) in [5.74, 6) is 0.0876. The summed E-state index contributed by atoms with van der Waals surface area (Å²) in [4.78, 5) is 0. The van der Waals surface area contributed by atoms with Crippen molar-refractivity contribution >= 4 is 22.4 Å². The van der Waals surface area contributed by atoms with Crippen molar-refractivity contribution in [2.45, 2.75) is 25.0 Å². The van der Waals surface area contributed by atoms with Gasteiger partial charge in [-0.2, -0.15) is 4.31 Å². The SMILES string of the molecule is Cl.NCC1CN(S(=O)(=O)CC2CCCO2)CCO1. The highest BCUT2D eigenvalue weighted by molar-refractivity contribution is 7.89. The van der Waals surface area contributed by atoms with E-state index >= 15 is 0 Å². The Morgan fingerprint density at radius 3 is 2.56 bits per heavy atom. The molecule has 2 heterocycles. The Bertz CT molecular complexity index is 346. The van der Waals surface area contributed by atoms with Gasteiger partial charge in [0, 0.05) is 26.2 Å². The van der Waals surface area contributed by atoms with Gasteiger partial charge in [0.1, 0.15) is 0 Å². The van der Waals surface area contributed by atoms with Crippen LogP contribution < -0.4 is 5.73 Å². The van der Waals surface area contributed by atoms with Gasteiger partial charge >= 0.3 is 0 Å². The van der Waals surface area contributed by atoms with Crippen LogP contribution in [0.1, 0.15) is 12.8 Å². The van der Waals surface area contributed by atoms with Crippen LogP contribution in [0.3, 0.4) is 0 Å². The number of sulfonamides is 1. The normalized spacial score (nSPS) is 30.1. The molecule has 2 unspecified atom stereocenters. The molecule has 2 N–H and O–H groups in total. The standard InChI is InChI=1S/C10H20N2O4S.ClH/c11-6-10-7-12(3-5-16-10)17(13,14)8-9-2-1-4-15-9;/h9-10H,1-8,11H2;1H. The molecule has 0 saturated carbocycles. The van der Waals surface area contributed by atoms with Gasteiger partial charge in [0.05, 0.1) is 24.6 Å². The van der Waals surface area contributed by atoms with Crippen LogP contribution in [-0.2, 0) is 19.5 Å². The highest BCUT2D eigenvalue weighted by Gasteiger charge is 2.32. The minimum Gasteiger partial charge on any atom is -0.377 e. The zero-order valence-corrected chi connectivity index (χ0v) is 11.9. The molecule has 0 radical (unpaired) electrons. The Labute approximate surface area is 114 Å².